The van der Waals surface area contributed by atoms with Crippen LogP contribution in [0.5, 0.6) is 0 Å². The van der Waals surface area contributed by atoms with E-state index in [1.165, 1.54) is 11.8 Å². The second-order valence-corrected chi connectivity index (χ2v) is 7.98. The summed E-state index contributed by atoms with van der Waals surface area (Å²) in [6, 6.07) is 12.8. The number of thioether (sulfide) groups is 1. The van der Waals surface area contributed by atoms with Crippen molar-refractivity contribution in [2.24, 2.45) is 0 Å². The molecule has 1 aliphatic heterocycles. The Morgan fingerprint density at radius 1 is 1.13 bits per heavy atom. The Bertz CT molecular complexity index is 1300. The predicted molar refractivity (Wildman–Crippen MR) is 121 cm³/mol. The fourth-order valence-electron chi connectivity index (χ4n) is 3.44. The summed E-state index contributed by atoms with van der Waals surface area (Å²) in [7, 11) is 0. The number of aromatic amines is 1. The Labute approximate surface area is 181 Å². The third-order valence-electron chi connectivity index (χ3n) is 4.92. The Kier molecular flexibility index (Phi) is 5.01. The molecule has 8 nitrogen and oxygen atoms in total. The Hall–Kier alpha value is -3.85. The Morgan fingerprint density at radius 2 is 2.06 bits per heavy atom. The van der Waals surface area contributed by atoms with E-state index in [1.54, 1.807) is 30.6 Å². The molecule has 9 heteroatoms. The average Bonchev–Trinajstić information content (AvgIpc) is 3.27. The number of anilines is 3. The minimum absolute atomic E-state index is 0.0487. The summed E-state index contributed by atoms with van der Waals surface area (Å²) in [6.45, 7) is 0.496. The number of pyridine rings is 2. The molecule has 5 rings (SSSR count). The molecule has 0 bridgehead atoms. The number of aromatic nitrogens is 3. The zero-order chi connectivity index (χ0) is 21.2. The smallest absolute Gasteiger partial charge is 0.259 e. The van der Waals surface area contributed by atoms with E-state index in [0.717, 1.165) is 21.5 Å². The van der Waals surface area contributed by atoms with Crippen LogP contribution in [0.15, 0.2) is 66.0 Å². The highest BCUT2D eigenvalue weighted by atomic mass is 32.2. The predicted octanol–water partition coefficient (Wildman–Crippen LogP) is 3.87. The van der Waals surface area contributed by atoms with Crippen molar-refractivity contribution in [1.29, 1.82) is 0 Å². The van der Waals surface area contributed by atoms with Gasteiger partial charge in [-0.1, -0.05) is 0 Å². The summed E-state index contributed by atoms with van der Waals surface area (Å²) in [5.74, 6) is 0.553. The van der Waals surface area contributed by atoms with Crippen LogP contribution >= 0.6 is 11.8 Å². The van der Waals surface area contributed by atoms with Crippen LogP contribution in [0.1, 0.15) is 15.9 Å². The molecule has 1 aromatic carbocycles. The van der Waals surface area contributed by atoms with E-state index in [9.17, 15) is 9.59 Å². The van der Waals surface area contributed by atoms with E-state index in [0.29, 0.717) is 35.1 Å². The van der Waals surface area contributed by atoms with E-state index in [4.69, 9.17) is 0 Å². The molecule has 0 atom stereocenters. The summed E-state index contributed by atoms with van der Waals surface area (Å²) in [5.41, 5.74) is 3.60. The van der Waals surface area contributed by atoms with Crippen molar-refractivity contribution in [3.8, 4) is 0 Å². The number of nitrogens with zero attached hydrogens (tertiary/aromatic N) is 2. The van der Waals surface area contributed by atoms with Gasteiger partial charge < -0.3 is 20.9 Å². The van der Waals surface area contributed by atoms with Gasteiger partial charge in [0.1, 0.15) is 11.5 Å². The van der Waals surface area contributed by atoms with Crippen molar-refractivity contribution in [2.75, 3.05) is 21.7 Å². The Morgan fingerprint density at radius 3 is 3.00 bits per heavy atom. The minimum Gasteiger partial charge on any atom is -0.365 e. The molecule has 4 heterocycles. The molecule has 0 unspecified atom stereocenters. The largest absolute Gasteiger partial charge is 0.365 e. The van der Waals surface area contributed by atoms with Crippen LogP contribution in [0, 0.1) is 0 Å². The number of fused-ring (bicyclic) bond motifs is 2. The molecule has 154 valence electrons. The molecule has 0 fully saturated rings. The molecule has 0 saturated carbocycles. The lowest BCUT2D eigenvalue weighted by Crippen LogP contribution is -2.19. The molecule has 3 aromatic heterocycles. The molecule has 0 radical (unpaired) electrons. The van der Waals surface area contributed by atoms with Crippen molar-refractivity contribution in [1.82, 2.24) is 15.0 Å². The number of amides is 2. The normalized spacial score (nSPS) is 12.8. The number of H-pyrrole nitrogens is 1. The van der Waals surface area contributed by atoms with E-state index >= 15 is 0 Å². The van der Waals surface area contributed by atoms with Crippen molar-refractivity contribution < 1.29 is 9.59 Å². The number of benzene rings is 1. The lowest BCUT2D eigenvalue weighted by Gasteiger charge is -2.17. The fraction of sp³-hybridized carbons (Fsp3) is 0.0909. The van der Waals surface area contributed by atoms with Crippen molar-refractivity contribution in [3.05, 3.63) is 72.2 Å². The second-order valence-electron chi connectivity index (χ2n) is 6.97. The van der Waals surface area contributed by atoms with Crippen LogP contribution in [0.25, 0.3) is 11.0 Å². The maximum atomic E-state index is 13.0. The van der Waals surface area contributed by atoms with Gasteiger partial charge in [0.2, 0.25) is 5.91 Å². The van der Waals surface area contributed by atoms with Gasteiger partial charge in [-0.15, -0.1) is 11.8 Å². The quantitative estimate of drug-likeness (QED) is 0.382. The Balaban J connectivity index is 1.34. The molecular formula is C22H18N6O2S. The summed E-state index contributed by atoms with van der Waals surface area (Å²) in [6.07, 6.45) is 5.23. The standard InChI is InChI=1S/C22H18N6O2S/c29-19-12-31-18-4-3-14(10-17(18)28-19)27-22(30)16-2-1-7-23-21(16)26-11-13-5-8-24-20-15(13)6-9-25-20/h1-10H,11-12H2,(H,23,26)(H,24,25)(H,27,30)(H,28,29). The molecule has 4 aromatic rings. The first kappa shape index (κ1) is 19.1. The van der Waals surface area contributed by atoms with Gasteiger partial charge in [0.05, 0.1) is 17.0 Å². The fourth-order valence-corrected chi connectivity index (χ4v) is 4.23. The van der Waals surface area contributed by atoms with Gasteiger partial charge >= 0.3 is 0 Å². The minimum atomic E-state index is -0.285. The van der Waals surface area contributed by atoms with Crippen LogP contribution in [-0.2, 0) is 11.3 Å². The maximum absolute atomic E-state index is 13.0. The van der Waals surface area contributed by atoms with Crippen molar-refractivity contribution in [3.63, 3.8) is 0 Å². The van der Waals surface area contributed by atoms with Crippen LogP contribution in [0.2, 0.25) is 0 Å². The highest BCUT2D eigenvalue weighted by molar-refractivity contribution is 8.00. The average molecular weight is 430 g/mol. The van der Waals surface area contributed by atoms with Gasteiger partial charge in [0.25, 0.3) is 5.91 Å². The summed E-state index contributed by atoms with van der Waals surface area (Å²) < 4.78 is 0. The molecule has 0 spiro atoms. The highest BCUT2D eigenvalue weighted by Crippen LogP contribution is 2.33. The van der Waals surface area contributed by atoms with E-state index in [-0.39, 0.29) is 11.8 Å². The third-order valence-corrected chi connectivity index (χ3v) is 5.99. The third kappa shape index (κ3) is 3.95. The van der Waals surface area contributed by atoms with E-state index < -0.39 is 0 Å². The van der Waals surface area contributed by atoms with E-state index in [1.807, 2.05) is 30.5 Å². The summed E-state index contributed by atoms with van der Waals surface area (Å²) in [4.78, 5) is 37.3. The lowest BCUT2D eigenvalue weighted by molar-refractivity contribution is -0.113. The summed E-state index contributed by atoms with van der Waals surface area (Å²) in [5, 5.41) is 10.0. The zero-order valence-electron chi connectivity index (χ0n) is 16.3. The first-order valence-corrected chi connectivity index (χ1v) is 10.6. The number of hydrogen-bond acceptors (Lipinski definition) is 6. The zero-order valence-corrected chi connectivity index (χ0v) is 17.1. The summed E-state index contributed by atoms with van der Waals surface area (Å²) >= 11 is 1.48. The molecular weight excluding hydrogens is 412 g/mol. The molecule has 2 amide bonds. The molecule has 1 aliphatic rings. The maximum Gasteiger partial charge on any atom is 0.259 e. The van der Waals surface area contributed by atoms with Crippen molar-refractivity contribution in [2.45, 2.75) is 11.4 Å². The monoisotopic (exact) mass is 430 g/mol. The first-order valence-electron chi connectivity index (χ1n) is 9.65. The SMILES string of the molecule is O=C1CSc2ccc(NC(=O)c3cccnc3NCc3ccnc4[nH]ccc34)cc2N1. The van der Waals surface area contributed by atoms with Gasteiger partial charge in [0, 0.05) is 41.1 Å². The second kappa shape index (κ2) is 8.11. The van der Waals surface area contributed by atoms with Gasteiger partial charge in [-0.3, -0.25) is 9.59 Å². The number of rotatable bonds is 5. The van der Waals surface area contributed by atoms with E-state index in [2.05, 4.69) is 30.9 Å². The van der Waals surface area contributed by atoms with Gasteiger partial charge in [-0.2, -0.15) is 0 Å². The van der Waals surface area contributed by atoms with Gasteiger partial charge in [0.15, 0.2) is 0 Å². The molecule has 0 aliphatic carbocycles. The first-order chi connectivity index (χ1) is 15.2. The van der Waals surface area contributed by atoms with Crippen LogP contribution in [0.3, 0.4) is 0 Å². The topological polar surface area (TPSA) is 112 Å². The lowest BCUT2D eigenvalue weighted by atomic mass is 10.1. The van der Waals surface area contributed by atoms with Crippen LogP contribution in [-0.4, -0.2) is 32.5 Å². The number of nitrogens with one attached hydrogen (secondary N) is 4. The highest BCUT2D eigenvalue weighted by Gasteiger charge is 2.17. The molecule has 0 saturated heterocycles. The van der Waals surface area contributed by atoms with Crippen LogP contribution < -0.4 is 16.0 Å². The molecule has 31 heavy (non-hydrogen) atoms. The number of carbonyl (C=O) groups excluding carboxylic acids is 2. The van der Waals surface area contributed by atoms with Gasteiger partial charge in [-0.25, -0.2) is 9.97 Å². The number of hydrogen-bond donors (Lipinski definition) is 4. The van der Waals surface area contributed by atoms with Crippen LogP contribution in [0.4, 0.5) is 17.2 Å². The van der Waals surface area contributed by atoms with Gasteiger partial charge in [-0.05, 0) is 48.0 Å². The molecule has 4 N–H and O–H groups in total. The number of carbonyl (C=O) groups is 2. The van der Waals surface area contributed by atoms with Crippen molar-refractivity contribution >= 4 is 51.8 Å².